The highest BCUT2D eigenvalue weighted by Crippen LogP contribution is 2.33. The lowest BCUT2D eigenvalue weighted by atomic mass is 10.3. The largest absolute Gasteiger partial charge is 0.264 e. The highest BCUT2D eigenvalue weighted by atomic mass is 79.9. The Morgan fingerprint density at radius 3 is 2.31 bits per heavy atom. The molecule has 72 valence electrons. The fourth-order valence-electron chi connectivity index (χ4n) is 0.732. The topological polar surface area (TPSA) is 34.1 Å². The minimum Gasteiger partial charge on any atom is -0.207 e. The zero-order valence-electron chi connectivity index (χ0n) is 5.89. The average molecular weight is 308 g/mol. The fraction of sp³-hybridized carbons (Fsp3) is 0. The molecule has 0 fully saturated rings. The van der Waals surface area contributed by atoms with Crippen LogP contribution in [0.3, 0.4) is 0 Å². The van der Waals surface area contributed by atoms with Crippen LogP contribution in [0.5, 0.6) is 0 Å². The molecule has 0 bridgehead atoms. The van der Waals surface area contributed by atoms with Gasteiger partial charge in [-0.2, -0.15) is 0 Å². The maximum atomic E-state index is 12.9. The Hall–Kier alpha value is 0.160. The number of benzene rings is 1. The predicted molar refractivity (Wildman–Crippen MR) is 52.1 cm³/mol. The summed E-state index contributed by atoms with van der Waals surface area (Å²) in [5.74, 6) is -0.733. The molecule has 0 spiro atoms. The molecule has 1 aromatic carbocycles. The van der Waals surface area contributed by atoms with Crippen molar-refractivity contribution in [1.82, 2.24) is 0 Å². The molecule has 0 atom stereocenters. The maximum Gasteiger partial charge on any atom is 0.264 e. The van der Waals surface area contributed by atoms with Crippen LogP contribution in [0.1, 0.15) is 0 Å². The third kappa shape index (κ3) is 2.34. The van der Waals surface area contributed by atoms with Gasteiger partial charge in [0.15, 0.2) is 0 Å². The van der Waals surface area contributed by atoms with E-state index < -0.39 is 19.8 Å². The van der Waals surface area contributed by atoms with E-state index in [1.165, 1.54) is 0 Å². The van der Waals surface area contributed by atoms with Crippen LogP contribution >= 0.6 is 38.2 Å². The molecule has 0 saturated carbocycles. The Labute approximate surface area is 92.2 Å². The SMILES string of the molecule is O=S(=O)(Cl)c1c(Cl)ccc(F)c1Br. The van der Waals surface area contributed by atoms with E-state index in [1.54, 1.807) is 0 Å². The van der Waals surface area contributed by atoms with Gasteiger partial charge in [0.2, 0.25) is 0 Å². The molecule has 0 amide bonds. The second kappa shape index (κ2) is 3.73. The van der Waals surface area contributed by atoms with Crippen LogP contribution in [0, 0.1) is 5.82 Å². The number of hydrogen-bond donors (Lipinski definition) is 0. The Kier molecular flexibility index (Phi) is 3.22. The number of halogens is 4. The molecule has 1 rings (SSSR count). The van der Waals surface area contributed by atoms with E-state index in [2.05, 4.69) is 15.9 Å². The molecule has 0 N–H and O–H groups in total. The smallest absolute Gasteiger partial charge is 0.207 e. The van der Waals surface area contributed by atoms with Crippen molar-refractivity contribution >= 4 is 47.3 Å². The van der Waals surface area contributed by atoms with E-state index in [1.807, 2.05) is 0 Å². The van der Waals surface area contributed by atoms with E-state index in [0.29, 0.717) is 0 Å². The second-order valence-corrected chi connectivity index (χ2v) is 5.81. The van der Waals surface area contributed by atoms with Crippen LogP contribution in [-0.4, -0.2) is 8.42 Å². The Morgan fingerprint density at radius 1 is 1.38 bits per heavy atom. The van der Waals surface area contributed by atoms with Gasteiger partial charge in [-0.25, -0.2) is 12.8 Å². The number of rotatable bonds is 1. The average Bonchev–Trinajstić information content (AvgIpc) is 1.95. The standard InChI is InChI=1S/C6H2BrCl2FO2S/c7-5-4(10)2-1-3(8)6(5)13(9,11)12/h1-2H. The van der Waals surface area contributed by atoms with Crippen LogP contribution in [0.15, 0.2) is 21.5 Å². The zero-order valence-corrected chi connectivity index (χ0v) is 9.81. The molecule has 0 aromatic heterocycles. The van der Waals surface area contributed by atoms with Crippen molar-refractivity contribution < 1.29 is 12.8 Å². The summed E-state index contributed by atoms with van der Waals surface area (Å²) in [6.45, 7) is 0. The first kappa shape index (κ1) is 11.2. The molecular weight excluding hydrogens is 306 g/mol. The van der Waals surface area contributed by atoms with Crippen LogP contribution in [0.4, 0.5) is 4.39 Å². The van der Waals surface area contributed by atoms with Gasteiger partial charge in [-0.15, -0.1) is 0 Å². The predicted octanol–water partition coefficient (Wildman–Crippen LogP) is 3.17. The number of hydrogen-bond acceptors (Lipinski definition) is 2. The van der Waals surface area contributed by atoms with Gasteiger partial charge in [-0.3, -0.25) is 0 Å². The summed E-state index contributed by atoms with van der Waals surface area (Å²) < 4.78 is 34.4. The highest BCUT2D eigenvalue weighted by molar-refractivity contribution is 9.10. The van der Waals surface area contributed by atoms with Gasteiger partial charge in [0.25, 0.3) is 9.05 Å². The van der Waals surface area contributed by atoms with Gasteiger partial charge >= 0.3 is 0 Å². The summed E-state index contributed by atoms with van der Waals surface area (Å²) in [5, 5.41) is -0.122. The molecule has 0 aliphatic carbocycles. The first-order chi connectivity index (χ1) is 5.84. The monoisotopic (exact) mass is 306 g/mol. The Balaban J connectivity index is 3.62. The van der Waals surface area contributed by atoms with Crippen LogP contribution < -0.4 is 0 Å². The molecule has 0 heterocycles. The summed E-state index contributed by atoms with van der Waals surface area (Å²) in [6.07, 6.45) is 0. The van der Waals surface area contributed by atoms with Crippen molar-refractivity contribution in [2.75, 3.05) is 0 Å². The maximum absolute atomic E-state index is 12.9. The van der Waals surface area contributed by atoms with E-state index in [0.717, 1.165) is 12.1 Å². The quantitative estimate of drug-likeness (QED) is 0.590. The van der Waals surface area contributed by atoms with Crippen molar-refractivity contribution in [2.24, 2.45) is 0 Å². The van der Waals surface area contributed by atoms with E-state index >= 15 is 0 Å². The van der Waals surface area contributed by atoms with Crippen LogP contribution in [0.2, 0.25) is 5.02 Å². The van der Waals surface area contributed by atoms with Crippen LogP contribution in [-0.2, 0) is 9.05 Å². The third-order valence-corrected chi connectivity index (χ3v) is 4.09. The van der Waals surface area contributed by atoms with Gasteiger partial charge in [-0.05, 0) is 28.1 Å². The van der Waals surface area contributed by atoms with E-state index in [4.69, 9.17) is 22.3 Å². The minimum absolute atomic E-state index is 0.122. The molecular formula is C6H2BrCl2FO2S. The summed E-state index contributed by atoms with van der Waals surface area (Å²) in [5.41, 5.74) is 0. The van der Waals surface area contributed by atoms with Crippen LogP contribution in [0.25, 0.3) is 0 Å². The van der Waals surface area contributed by atoms with Gasteiger partial charge in [-0.1, -0.05) is 11.6 Å². The molecule has 2 nitrogen and oxygen atoms in total. The molecule has 0 aliphatic rings. The van der Waals surface area contributed by atoms with Crippen molar-refractivity contribution in [3.8, 4) is 0 Å². The molecule has 0 aliphatic heterocycles. The van der Waals surface area contributed by atoms with Crippen molar-refractivity contribution in [1.29, 1.82) is 0 Å². The molecule has 0 saturated heterocycles. The summed E-state index contributed by atoms with van der Waals surface area (Å²) >= 11 is 8.27. The van der Waals surface area contributed by atoms with Gasteiger partial charge in [0.05, 0.1) is 9.50 Å². The second-order valence-electron chi connectivity index (χ2n) is 2.11. The fourth-order valence-corrected chi connectivity index (χ4v) is 3.78. The highest BCUT2D eigenvalue weighted by Gasteiger charge is 2.21. The summed E-state index contributed by atoms with van der Waals surface area (Å²) in [7, 11) is 0.999. The van der Waals surface area contributed by atoms with Gasteiger partial charge < -0.3 is 0 Å². The normalized spacial score (nSPS) is 11.7. The molecule has 0 radical (unpaired) electrons. The van der Waals surface area contributed by atoms with Crippen molar-refractivity contribution in [3.05, 3.63) is 27.4 Å². The first-order valence-electron chi connectivity index (χ1n) is 2.92. The summed E-state index contributed by atoms with van der Waals surface area (Å²) in [6, 6.07) is 2.16. The van der Waals surface area contributed by atoms with E-state index in [9.17, 15) is 12.8 Å². The third-order valence-electron chi connectivity index (χ3n) is 1.25. The molecule has 0 unspecified atom stereocenters. The van der Waals surface area contributed by atoms with Gasteiger partial charge in [0, 0.05) is 10.7 Å². The molecule has 13 heavy (non-hydrogen) atoms. The van der Waals surface area contributed by atoms with Crippen molar-refractivity contribution in [2.45, 2.75) is 4.90 Å². The lowest BCUT2D eigenvalue weighted by Gasteiger charge is -2.03. The minimum atomic E-state index is -4.03. The van der Waals surface area contributed by atoms with Crippen molar-refractivity contribution in [3.63, 3.8) is 0 Å². The van der Waals surface area contributed by atoms with Gasteiger partial charge in [0.1, 0.15) is 10.7 Å². The Bertz CT molecular complexity index is 446. The lowest BCUT2D eigenvalue weighted by Crippen LogP contribution is -1.95. The zero-order chi connectivity index (χ0) is 10.2. The summed E-state index contributed by atoms with van der Waals surface area (Å²) in [4.78, 5) is -0.448. The molecule has 1 aromatic rings. The Morgan fingerprint density at radius 2 is 1.92 bits per heavy atom. The first-order valence-corrected chi connectivity index (χ1v) is 6.40. The molecule has 7 heteroatoms. The lowest BCUT2D eigenvalue weighted by molar-refractivity contribution is 0.598. The van der Waals surface area contributed by atoms with E-state index in [-0.39, 0.29) is 9.50 Å².